The minimum absolute atomic E-state index is 0.420. The van der Waals surface area contributed by atoms with E-state index < -0.39 is 0 Å². The molecule has 0 aliphatic rings. The van der Waals surface area contributed by atoms with E-state index in [2.05, 4.69) is 17.4 Å². The van der Waals surface area contributed by atoms with Crippen molar-refractivity contribution in [3.8, 4) is 0 Å². The summed E-state index contributed by atoms with van der Waals surface area (Å²) in [6.07, 6.45) is 1.11. The molecule has 5 heteroatoms. The van der Waals surface area contributed by atoms with Gasteiger partial charge in [0.15, 0.2) is 5.76 Å². The summed E-state index contributed by atoms with van der Waals surface area (Å²) in [6.45, 7) is 4.79. The Morgan fingerprint density at radius 2 is 2.05 bits per heavy atom. The Hall–Kier alpha value is -1.36. The Labute approximate surface area is 124 Å². The molecule has 4 nitrogen and oxygen atoms in total. The van der Waals surface area contributed by atoms with Gasteiger partial charge in [0.2, 0.25) is 0 Å². The number of hydrogen-bond donors (Lipinski definition) is 1. The lowest BCUT2D eigenvalue weighted by atomic mass is 10.2. The second kappa shape index (κ2) is 8.04. The van der Waals surface area contributed by atoms with Gasteiger partial charge in [-0.3, -0.25) is 0 Å². The molecule has 1 aromatic heterocycles. The zero-order valence-electron chi connectivity index (χ0n) is 11.6. The van der Waals surface area contributed by atoms with E-state index in [1.54, 1.807) is 0 Å². The Bertz CT molecular complexity index is 511. The summed E-state index contributed by atoms with van der Waals surface area (Å²) in [7, 11) is 0. The van der Waals surface area contributed by atoms with Gasteiger partial charge in [0, 0.05) is 17.6 Å². The fourth-order valence-corrected chi connectivity index (χ4v) is 1.88. The molecule has 1 heterocycles. The highest BCUT2D eigenvalue weighted by Crippen LogP contribution is 2.11. The lowest BCUT2D eigenvalue weighted by Gasteiger charge is -2.01. The SMILES string of the molecule is CCCNCc1cc(COCc2ccc(Cl)cc2)on1. The van der Waals surface area contributed by atoms with Crippen molar-refractivity contribution >= 4 is 11.6 Å². The first-order chi connectivity index (χ1) is 9.78. The number of nitrogens with one attached hydrogen (secondary N) is 1. The Morgan fingerprint density at radius 1 is 1.25 bits per heavy atom. The highest BCUT2D eigenvalue weighted by atomic mass is 35.5. The summed E-state index contributed by atoms with van der Waals surface area (Å²) in [5.41, 5.74) is 1.99. The van der Waals surface area contributed by atoms with Crippen molar-refractivity contribution < 1.29 is 9.26 Å². The molecule has 0 radical (unpaired) electrons. The van der Waals surface area contributed by atoms with Gasteiger partial charge in [0.25, 0.3) is 0 Å². The Morgan fingerprint density at radius 3 is 2.80 bits per heavy atom. The highest BCUT2D eigenvalue weighted by Gasteiger charge is 2.04. The van der Waals surface area contributed by atoms with Crippen LogP contribution in [0.4, 0.5) is 0 Å². The van der Waals surface area contributed by atoms with Gasteiger partial charge in [-0.05, 0) is 30.7 Å². The molecule has 0 aliphatic carbocycles. The van der Waals surface area contributed by atoms with Crippen molar-refractivity contribution in [1.82, 2.24) is 10.5 Å². The van der Waals surface area contributed by atoms with Gasteiger partial charge >= 0.3 is 0 Å². The fraction of sp³-hybridized carbons (Fsp3) is 0.400. The molecule has 0 atom stereocenters. The summed E-state index contributed by atoms with van der Waals surface area (Å²) in [6, 6.07) is 9.52. The molecule has 0 amide bonds. The number of aromatic nitrogens is 1. The molecule has 0 unspecified atom stereocenters. The van der Waals surface area contributed by atoms with Gasteiger partial charge < -0.3 is 14.6 Å². The van der Waals surface area contributed by atoms with E-state index in [-0.39, 0.29) is 0 Å². The molecule has 0 fully saturated rings. The summed E-state index contributed by atoms with van der Waals surface area (Å²) in [5, 5.41) is 8.00. The van der Waals surface area contributed by atoms with Gasteiger partial charge in [0.1, 0.15) is 6.61 Å². The third kappa shape index (κ3) is 4.96. The molecule has 2 aromatic rings. The van der Waals surface area contributed by atoms with Crippen LogP contribution in [0.2, 0.25) is 5.02 Å². The first-order valence-electron chi connectivity index (χ1n) is 6.75. The number of ether oxygens (including phenoxy) is 1. The third-order valence-electron chi connectivity index (χ3n) is 2.77. The van der Waals surface area contributed by atoms with Gasteiger partial charge in [-0.25, -0.2) is 0 Å². The summed E-state index contributed by atoms with van der Waals surface area (Å²) >= 11 is 5.83. The monoisotopic (exact) mass is 294 g/mol. The first kappa shape index (κ1) is 15.0. The molecule has 20 heavy (non-hydrogen) atoms. The lowest BCUT2D eigenvalue weighted by Crippen LogP contribution is -2.13. The number of halogens is 1. The zero-order chi connectivity index (χ0) is 14.2. The van der Waals surface area contributed by atoms with Crippen LogP contribution in [0.15, 0.2) is 34.9 Å². The van der Waals surface area contributed by atoms with Gasteiger partial charge in [-0.15, -0.1) is 0 Å². The van der Waals surface area contributed by atoms with Crippen LogP contribution < -0.4 is 5.32 Å². The summed E-state index contributed by atoms with van der Waals surface area (Å²) in [4.78, 5) is 0. The van der Waals surface area contributed by atoms with E-state index in [0.29, 0.717) is 13.2 Å². The van der Waals surface area contributed by atoms with Crippen molar-refractivity contribution in [2.75, 3.05) is 6.54 Å². The van der Waals surface area contributed by atoms with Crippen molar-refractivity contribution in [2.45, 2.75) is 33.1 Å². The van der Waals surface area contributed by atoms with E-state index in [1.165, 1.54) is 0 Å². The van der Waals surface area contributed by atoms with Crippen molar-refractivity contribution in [3.63, 3.8) is 0 Å². The van der Waals surface area contributed by atoms with Crippen LogP contribution in [-0.2, 0) is 24.5 Å². The molecule has 2 rings (SSSR count). The molecular formula is C15H19ClN2O2. The van der Waals surface area contributed by atoms with Crippen molar-refractivity contribution in [1.29, 1.82) is 0 Å². The molecular weight excluding hydrogens is 276 g/mol. The van der Waals surface area contributed by atoms with Crippen molar-refractivity contribution in [2.24, 2.45) is 0 Å². The molecule has 0 aliphatic heterocycles. The number of rotatable bonds is 8. The smallest absolute Gasteiger partial charge is 0.162 e. The number of benzene rings is 1. The minimum Gasteiger partial charge on any atom is -0.369 e. The van der Waals surface area contributed by atoms with Crippen LogP contribution in [-0.4, -0.2) is 11.7 Å². The van der Waals surface area contributed by atoms with E-state index in [1.807, 2.05) is 30.3 Å². The normalized spacial score (nSPS) is 10.9. The summed E-state index contributed by atoms with van der Waals surface area (Å²) in [5.74, 6) is 0.743. The van der Waals surface area contributed by atoms with E-state index in [4.69, 9.17) is 20.9 Å². The topological polar surface area (TPSA) is 47.3 Å². The predicted octanol–water partition coefficient (Wildman–Crippen LogP) is 3.54. The van der Waals surface area contributed by atoms with E-state index >= 15 is 0 Å². The lowest BCUT2D eigenvalue weighted by molar-refractivity contribution is 0.0883. The van der Waals surface area contributed by atoms with Gasteiger partial charge in [-0.1, -0.05) is 35.8 Å². The molecule has 1 aromatic carbocycles. The third-order valence-corrected chi connectivity index (χ3v) is 3.02. The fourth-order valence-electron chi connectivity index (χ4n) is 1.75. The van der Waals surface area contributed by atoms with E-state index in [9.17, 15) is 0 Å². The quantitative estimate of drug-likeness (QED) is 0.757. The maximum absolute atomic E-state index is 5.83. The molecule has 1 N–H and O–H groups in total. The average Bonchev–Trinajstić information content (AvgIpc) is 2.89. The molecule has 0 spiro atoms. The maximum Gasteiger partial charge on any atom is 0.162 e. The van der Waals surface area contributed by atoms with Crippen molar-refractivity contribution in [3.05, 3.63) is 52.4 Å². The molecule has 0 saturated heterocycles. The maximum atomic E-state index is 5.83. The van der Waals surface area contributed by atoms with Crippen LogP contribution in [0.5, 0.6) is 0 Å². The van der Waals surface area contributed by atoms with Crippen LogP contribution in [0.25, 0.3) is 0 Å². The number of nitrogens with zero attached hydrogens (tertiary/aromatic N) is 1. The minimum atomic E-state index is 0.420. The molecule has 0 bridgehead atoms. The highest BCUT2D eigenvalue weighted by molar-refractivity contribution is 6.30. The molecule has 0 saturated carbocycles. The predicted molar refractivity (Wildman–Crippen MR) is 78.4 cm³/mol. The molecule has 108 valence electrons. The number of hydrogen-bond acceptors (Lipinski definition) is 4. The van der Waals surface area contributed by atoms with Crippen LogP contribution >= 0.6 is 11.6 Å². The van der Waals surface area contributed by atoms with Crippen LogP contribution in [0.3, 0.4) is 0 Å². The van der Waals surface area contributed by atoms with E-state index in [0.717, 1.165) is 41.6 Å². The second-order valence-corrected chi connectivity index (χ2v) is 5.02. The van der Waals surface area contributed by atoms with Crippen LogP contribution in [0.1, 0.15) is 30.4 Å². The zero-order valence-corrected chi connectivity index (χ0v) is 12.3. The first-order valence-corrected chi connectivity index (χ1v) is 7.13. The standard InChI is InChI=1S/C15H19ClN2O2/c1-2-7-17-9-14-8-15(20-18-14)11-19-10-12-3-5-13(16)6-4-12/h3-6,8,17H,2,7,9-11H2,1H3. The van der Waals surface area contributed by atoms with Gasteiger partial charge in [0.05, 0.1) is 12.3 Å². The van der Waals surface area contributed by atoms with Gasteiger partial charge in [-0.2, -0.15) is 0 Å². The Balaban J connectivity index is 1.72. The average molecular weight is 295 g/mol. The van der Waals surface area contributed by atoms with Crippen LogP contribution in [0, 0.1) is 0 Å². The summed E-state index contributed by atoms with van der Waals surface area (Å²) < 4.78 is 10.8. The second-order valence-electron chi connectivity index (χ2n) is 4.58. The largest absolute Gasteiger partial charge is 0.369 e. The Kier molecular flexibility index (Phi) is 6.05.